The van der Waals surface area contributed by atoms with Gasteiger partial charge in [-0.25, -0.2) is 9.97 Å². The van der Waals surface area contributed by atoms with Gasteiger partial charge < -0.3 is 34.9 Å². The van der Waals surface area contributed by atoms with Gasteiger partial charge in [-0.2, -0.15) is 5.26 Å². The molecule has 2 saturated heterocycles. The summed E-state index contributed by atoms with van der Waals surface area (Å²) in [6, 6.07) is 17.8. The molecule has 2 aliphatic heterocycles. The zero-order valence-electron chi connectivity index (χ0n) is 30.6. The molecule has 15 heteroatoms. The van der Waals surface area contributed by atoms with Gasteiger partial charge in [0, 0.05) is 80.4 Å². The number of carbonyl (C=O) groups excluding carboxylic acids is 1. The summed E-state index contributed by atoms with van der Waals surface area (Å²) in [5.74, 6) is -0.278. The number of likely N-dealkylation sites (tertiary alicyclic amines) is 1. The molecule has 2 atom stereocenters. The van der Waals surface area contributed by atoms with Gasteiger partial charge in [0.25, 0.3) is 0 Å². The third-order valence-electron chi connectivity index (χ3n) is 10.6. The molecule has 0 spiro atoms. The van der Waals surface area contributed by atoms with E-state index in [1.165, 1.54) is 0 Å². The molecule has 0 unspecified atom stereocenters. The van der Waals surface area contributed by atoms with Crippen LogP contribution in [0.15, 0.2) is 71.5 Å². The number of pyridine rings is 3. The van der Waals surface area contributed by atoms with Crippen molar-refractivity contribution < 1.29 is 19.1 Å². The normalized spacial score (nSPS) is 17.1. The number of amides is 1. The van der Waals surface area contributed by atoms with Crippen LogP contribution in [0, 0.1) is 29.6 Å². The fraction of sp³-hybridized carbons (Fsp3) is 0.293. The number of carboxylic acid groups (broad SMARTS) is 1. The van der Waals surface area contributed by atoms with Crippen molar-refractivity contribution in [3.8, 4) is 28.7 Å². The van der Waals surface area contributed by atoms with E-state index in [9.17, 15) is 20.0 Å². The maximum atomic E-state index is 11.5. The summed E-state index contributed by atoms with van der Waals surface area (Å²) in [6.07, 6.45) is 7.19. The minimum absolute atomic E-state index is 0.0879. The van der Waals surface area contributed by atoms with E-state index >= 15 is 0 Å². The first kappa shape index (κ1) is 36.8. The van der Waals surface area contributed by atoms with Crippen LogP contribution < -0.4 is 21.4 Å². The standard InChI is InChI=1S/C41H39ClN10O4/c1-23-29(4-3-7-32(23)49-39-35-25(10-12-46-39)16-24(19-47-35)18-45-20-28-8-9-33(53)48-28)30-5-2-6-31(34(30)42)40-50-36-37(56-40)27(17-43)22-52(38(36)44)15-14-51-13-11-26(21-51)41(54)55/h2-7,10,12,16,19,22,26,28,44-45H,8-9,11,13-15,18,20-21H2,1H3,(H,46,49)(H,48,53)(H,54,55)/t26-,28+/m1/s1. The van der Waals surface area contributed by atoms with Crippen LogP contribution >= 0.6 is 11.6 Å². The smallest absolute Gasteiger partial charge is 0.307 e. The highest BCUT2D eigenvalue weighted by atomic mass is 35.5. The number of nitrogens with zero attached hydrogens (tertiary/aromatic N) is 6. The Morgan fingerprint density at radius 3 is 2.73 bits per heavy atom. The quantitative estimate of drug-likeness (QED) is 0.102. The third kappa shape index (κ3) is 7.32. The van der Waals surface area contributed by atoms with Crippen molar-refractivity contribution in [2.75, 3.05) is 31.5 Å². The van der Waals surface area contributed by atoms with Crippen molar-refractivity contribution >= 4 is 57.0 Å². The topological polar surface area (TPSA) is 198 Å². The maximum absolute atomic E-state index is 11.5. The minimum atomic E-state index is -0.795. The van der Waals surface area contributed by atoms with Crippen molar-refractivity contribution in [2.45, 2.75) is 45.3 Å². The summed E-state index contributed by atoms with van der Waals surface area (Å²) >= 11 is 7.13. The number of nitriles is 1. The van der Waals surface area contributed by atoms with Gasteiger partial charge in [0.15, 0.2) is 22.4 Å². The van der Waals surface area contributed by atoms with E-state index < -0.39 is 11.9 Å². The molecule has 2 fully saturated rings. The number of hydrogen-bond donors (Lipinski definition) is 5. The lowest BCUT2D eigenvalue weighted by Crippen LogP contribution is -2.35. The van der Waals surface area contributed by atoms with Crippen molar-refractivity contribution in [1.82, 2.24) is 35.1 Å². The zero-order valence-corrected chi connectivity index (χ0v) is 31.4. The Morgan fingerprint density at radius 1 is 1.12 bits per heavy atom. The summed E-state index contributed by atoms with van der Waals surface area (Å²) in [4.78, 5) is 39.0. The Kier molecular flexibility index (Phi) is 10.2. The molecule has 0 bridgehead atoms. The summed E-state index contributed by atoms with van der Waals surface area (Å²) in [5, 5.41) is 39.5. The highest BCUT2D eigenvalue weighted by molar-refractivity contribution is 6.36. The first-order chi connectivity index (χ1) is 27.2. The van der Waals surface area contributed by atoms with Crippen LogP contribution in [-0.4, -0.2) is 73.6 Å². The minimum Gasteiger partial charge on any atom is -0.481 e. The fourth-order valence-electron chi connectivity index (χ4n) is 7.55. The van der Waals surface area contributed by atoms with Crippen LogP contribution in [0.5, 0.6) is 0 Å². The second kappa shape index (κ2) is 15.5. The van der Waals surface area contributed by atoms with Gasteiger partial charge >= 0.3 is 5.97 Å². The molecule has 0 radical (unpaired) electrons. The summed E-state index contributed by atoms with van der Waals surface area (Å²) in [7, 11) is 0. The molecule has 1 amide bonds. The predicted molar refractivity (Wildman–Crippen MR) is 211 cm³/mol. The van der Waals surface area contributed by atoms with Crippen LogP contribution in [-0.2, 0) is 22.7 Å². The summed E-state index contributed by atoms with van der Waals surface area (Å²) in [5.41, 5.74) is 6.43. The molecule has 6 aromatic rings. The first-order valence-corrected chi connectivity index (χ1v) is 18.9. The second-order valence-corrected chi connectivity index (χ2v) is 14.7. The highest BCUT2D eigenvalue weighted by Crippen LogP contribution is 2.40. The van der Waals surface area contributed by atoms with Gasteiger partial charge in [-0.05, 0) is 67.3 Å². The SMILES string of the molecule is Cc1c(Nc2nccc3cc(CNC[C@@H]4CCC(=O)N4)cnc23)cccc1-c1cccc(-c2nc3c(=N)n(CCN4CC[C@@H](C(=O)O)C4)cc(C#N)c3o2)c1Cl. The zero-order chi connectivity index (χ0) is 38.9. The van der Waals surface area contributed by atoms with E-state index in [2.05, 4.69) is 43.0 Å². The predicted octanol–water partition coefficient (Wildman–Crippen LogP) is 5.74. The van der Waals surface area contributed by atoms with E-state index in [1.54, 1.807) is 23.0 Å². The molecule has 14 nitrogen and oxygen atoms in total. The Morgan fingerprint density at radius 2 is 1.95 bits per heavy atom. The number of oxazole rings is 1. The van der Waals surface area contributed by atoms with E-state index in [-0.39, 0.29) is 40.0 Å². The molecule has 4 aromatic heterocycles. The second-order valence-electron chi connectivity index (χ2n) is 14.3. The Balaban J connectivity index is 1.03. The van der Waals surface area contributed by atoms with Gasteiger partial charge in [0.1, 0.15) is 17.1 Å². The molecule has 8 rings (SSSR count). The number of rotatable bonds is 12. The third-order valence-corrected chi connectivity index (χ3v) is 11.0. The maximum Gasteiger partial charge on any atom is 0.307 e. The number of halogens is 1. The molecule has 2 aromatic carbocycles. The van der Waals surface area contributed by atoms with Crippen LogP contribution in [0.1, 0.15) is 36.0 Å². The lowest BCUT2D eigenvalue weighted by Gasteiger charge is -2.16. The number of aliphatic carboxylic acids is 1. The van der Waals surface area contributed by atoms with Crippen molar-refractivity contribution in [3.63, 3.8) is 0 Å². The summed E-state index contributed by atoms with van der Waals surface area (Å²) in [6.45, 7) is 5.40. The van der Waals surface area contributed by atoms with Crippen molar-refractivity contribution in [3.05, 3.63) is 94.3 Å². The number of benzene rings is 2. The number of hydrogen-bond acceptors (Lipinski definition) is 11. The molecule has 5 N–H and O–H groups in total. The summed E-state index contributed by atoms with van der Waals surface area (Å²) < 4.78 is 7.81. The van der Waals surface area contributed by atoms with Gasteiger partial charge in [-0.15, -0.1) is 0 Å². The number of anilines is 2. The number of carbonyl (C=O) groups is 2. The monoisotopic (exact) mass is 770 g/mol. The lowest BCUT2D eigenvalue weighted by atomic mass is 9.97. The number of aromatic nitrogens is 4. The molecular formula is C41H39ClN10O4. The number of nitrogens with one attached hydrogen (secondary N) is 4. The van der Waals surface area contributed by atoms with Gasteiger partial charge in [0.2, 0.25) is 11.8 Å². The van der Waals surface area contributed by atoms with Gasteiger partial charge in [-0.3, -0.25) is 20.0 Å². The largest absolute Gasteiger partial charge is 0.481 e. The van der Waals surface area contributed by atoms with E-state index in [4.69, 9.17) is 26.4 Å². The van der Waals surface area contributed by atoms with E-state index in [1.807, 2.05) is 49.5 Å². The number of carboxylic acids is 1. The van der Waals surface area contributed by atoms with Gasteiger partial charge in [0.05, 0.1) is 16.5 Å². The van der Waals surface area contributed by atoms with Crippen LogP contribution in [0.3, 0.4) is 0 Å². The van der Waals surface area contributed by atoms with Crippen molar-refractivity contribution in [2.24, 2.45) is 5.92 Å². The van der Waals surface area contributed by atoms with E-state index in [0.717, 1.165) is 45.3 Å². The first-order valence-electron chi connectivity index (χ1n) is 18.5. The average Bonchev–Trinajstić information content (AvgIpc) is 3.96. The molecular weight excluding hydrogens is 732 g/mol. The van der Waals surface area contributed by atoms with Gasteiger partial charge in [-0.1, -0.05) is 35.9 Å². The molecule has 0 aliphatic carbocycles. The number of fused-ring (bicyclic) bond motifs is 2. The molecule has 6 heterocycles. The van der Waals surface area contributed by atoms with Crippen molar-refractivity contribution in [1.29, 1.82) is 10.7 Å². The Bertz CT molecular complexity index is 2610. The van der Waals surface area contributed by atoms with E-state index in [0.29, 0.717) is 68.5 Å². The highest BCUT2D eigenvalue weighted by Gasteiger charge is 2.28. The van der Waals surface area contributed by atoms with Crippen LogP contribution in [0.25, 0.3) is 44.6 Å². The molecule has 0 saturated carbocycles. The molecule has 284 valence electrons. The van der Waals surface area contributed by atoms with Crippen LogP contribution in [0.2, 0.25) is 5.02 Å². The Hall–Kier alpha value is -6.14. The average molecular weight is 771 g/mol. The molecule has 2 aliphatic rings. The fourth-order valence-corrected chi connectivity index (χ4v) is 7.85. The lowest BCUT2D eigenvalue weighted by molar-refractivity contribution is -0.141. The van der Waals surface area contributed by atoms with Crippen LogP contribution in [0.4, 0.5) is 11.5 Å². The Labute approximate surface area is 326 Å². The molecule has 56 heavy (non-hydrogen) atoms.